The molecule has 1 unspecified atom stereocenters. The average molecular weight is 361 g/mol. The number of amides is 1. The van der Waals surface area contributed by atoms with Gasteiger partial charge in [-0.3, -0.25) is 0 Å². The molecule has 5 heteroatoms. The number of unbranched alkanes of at least 4 members (excludes halogenated alkanes) is 1. The van der Waals surface area contributed by atoms with Gasteiger partial charge in [0, 0.05) is 10.9 Å². The van der Waals surface area contributed by atoms with E-state index in [4.69, 9.17) is 4.74 Å². The van der Waals surface area contributed by atoms with E-state index < -0.39 is 0 Å². The number of benzene rings is 1. The third kappa shape index (κ3) is 6.16. The lowest BCUT2D eigenvalue weighted by molar-refractivity contribution is 0.122. The molecule has 0 bridgehead atoms. The van der Waals surface area contributed by atoms with Crippen molar-refractivity contribution in [3.63, 3.8) is 0 Å². The minimum atomic E-state index is -0.361. The molecule has 2 rings (SSSR count). The molecular weight excluding hydrogens is 332 g/mol. The summed E-state index contributed by atoms with van der Waals surface area (Å²) in [6.07, 6.45) is 4.16. The standard InChI is InChI=1S/C20H28N2O2S/c1-4-6-10-16(5-2)13-24-20(23)21-12-17-14-25-19(22-17)18-11-8-7-9-15(18)3/h7-9,11,14,16H,4-6,10,12-13H2,1-3H3,(H,21,23). The van der Waals surface area contributed by atoms with Crippen molar-refractivity contribution in [2.45, 2.75) is 53.0 Å². The lowest BCUT2D eigenvalue weighted by Gasteiger charge is -2.14. The number of nitrogens with zero attached hydrogens (tertiary/aromatic N) is 1. The van der Waals surface area contributed by atoms with E-state index in [2.05, 4.69) is 43.2 Å². The van der Waals surface area contributed by atoms with Crippen LogP contribution in [0.1, 0.15) is 50.8 Å². The molecule has 0 saturated carbocycles. The van der Waals surface area contributed by atoms with Crippen LogP contribution in [-0.2, 0) is 11.3 Å². The zero-order valence-corrected chi connectivity index (χ0v) is 16.2. The van der Waals surface area contributed by atoms with E-state index in [0.717, 1.165) is 29.1 Å². The van der Waals surface area contributed by atoms with E-state index in [1.54, 1.807) is 11.3 Å². The molecular formula is C20H28N2O2S. The minimum absolute atomic E-state index is 0.361. The van der Waals surface area contributed by atoms with Gasteiger partial charge in [0.2, 0.25) is 0 Å². The van der Waals surface area contributed by atoms with Gasteiger partial charge in [-0.2, -0.15) is 0 Å². The van der Waals surface area contributed by atoms with Crippen LogP contribution in [0.15, 0.2) is 29.6 Å². The van der Waals surface area contributed by atoms with Gasteiger partial charge in [0.25, 0.3) is 0 Å². The van der Waals surface area contributed by atoms with E-state index in [0.29, 0.717) is 19.1 Å². The molecule has 0 aliphatic carbocycles. The average Bonchev–Trinajstić information content (AvgIpc) is 3.09. The number of carbonyl (C=O) groups is 1. The Hall–Kier alpha value is -1.88. The zero-order valence-electron chi connectivity index (χ0n) is 15.4. The van der Waals surface area contributed by atoms with Gasteiger partial charge < -0.3 is 10.1 Å². The normalized spacial score (nSPS) is 12.0. The third-order valence-corrected chi connectivity index (χ3v) is 5.26. The molecule has 0 fully saturated rings. The highest BCUT2D eigenvalue weighted by Crippen LogP contribution is 2.26. The molecule has 0 aliphatic rings. The molecule has 1 aromatic heterocycles. The maximum Gasteiger partial charge on any atom is 0.407 e. The number of hydrogen-bond donors (Lipinski definition) is 1. The number of ether oxygens (including phenoxy) is 1. The molecule has 1 N–H and O–H groups in total. The Morgan fingerprint density at radius 3 is 2.84 bits per heavy atom. The summed E-state index contributed by atoms with van der Waals surface area (Å²) < 4.78 is 5.35. The van der Waals surface area contributed by atoms with Crippen LogP contribution in [0.3, 0.4) is 0 Å². The van der Waals surface area contributed by atoms with E-state index in [9.17, 15) is 4.79 Å². The fourth-order valence-electron chi connectivity index (χ4n) is 2.63. The molecule has 0 saturated heterocycles. The van der Waals surface area contributed by atoms with E-state index in [-0.39, 0.29) is 6.09 Å². The summed E-state index contributed by atoms with van der Waals surface area (Å²) in [5, 5.41) is 5.76. The predicted molar refractivity (Wildman–Crippen MR) is 104 cm³/mol. The SMILES string of the molecule is CCCCC(CC)COC(=O)NCc1csc(-c2ccccc2C)n1. The van der Waals surface area contributed by atoms with Crippen molar-refractivity contribution in [1.29, 1.82) is 0 Å². The highest BCUT2D eigenvalue weighted by molar-refractivity contribution is 7.13. The quantitative estimate of drug-likeness (QED) is 0.637. The van der Waals surface area contributed by atoms with Gasteiger partial charge in [-0.25, -0.2) is 9.78 Å². The highest BCUT2D eigenvalue weighted by atomic mass is 32.1. The van der Waals surface area contributed by atoms with Gasteiger partial charge in [-0.05, 0) is 24.8 Å². The smallest absolute Gasteiger partial charge is 0.407 e. The summed E-state index contributed by atoms with van der Waals surface area (Å²) in [5.41, 5.74) is 3.20. The number of carbonyl (C=O) groups excluding carboxylic acids is 1. The summed E-state index contributed by atoms with van der Waals surface area (Å²) in [4.78, 5) is 16.5. The molecule has 1 aromatic carbocycles. The molecule has 0 aliphatic heterocycles. The Balaban J connectivity index is 1.80. The molecule has 1 atom stereocenters. The Labute approximate surface area is 154 Å². The lowest BCUT2D eigenvalue weighted by atomic mass is 10.0. The molecule has 25 heavy (non-hydrogen) atoms. The summed E-state index contributed by atoms with van der Waals surface area (Å²) >= 11 is 1.60. The van der Waals surface area contributed by atoms with Gasteiger partial charge in [-0.15, -0.1) is 11.3 Å². The van der Waals surface area contributed by atoms with Crippen LogP contribution >= 0.6 is 11.3 Å². The number of nitrogens with one attached hydrogen (secondary N) is 1. The summed E-state index contributed by atoms with van der Waals surface area (Å²) in [7, 11) is 0. The van der Waals surface area contributed by atoms with Crippen molar-refractivity contribution in [1.82, 2.24) is 10.3 Å². The Bertz CT molecular complexity index is 669. The fraction of sp³-hybridized carbons (Fsp3) is 0.500. The van der Waals surface area contributed by atoms with Crippen molar-refractivity contribution in [3.8, 4) is 10.6 Å². The zero-order chi connectivity index (χ0) is 18.1. The minimum Gasteiger partial charge on any atom is -0.449 e. The number of rotatable bonds is 9. The third-order valence-electron chi connectivity index (χ3n) is 4.33. The van der Waals surface area contributed by atoms with Crippen molar-refractivity contribution in [2.24, 2.45) is 5.92 Å². The van der Waals surface area contributed by atoms with Gasteiger partial charge in [0.1, 0.15) is 5.01 Å². The maximum atomic E-state index is 11.9. The number of hydrogen-bond acceptors (Lipinski definition) is 4. The number of thiazole rings is 1. The second-order valence-corrected chi connectivity index (χ2v) is 7.19. The first-order valence-electron chi connectivity index (χ1n) is 9.05. The van der Waals surface area contributed by atoms with Gasteiger partial charge in [-0.1, -0.05) is 57.4 Å². The van der Waals surface area contributed by atoms with Gasteiger partial charge >= 0.3 is 6.09 Å². The largest absolute Gasteiger partial charge is 0.449 e. The Kier molecular flexibility index (Phi) is 7.92. The fourth-order valence-corrected chi connectivity index (χ4v) is 3.54. The van der Waals surface area contributed by atoms with Crippen LogP contribution in [0.25, 0.3) is 10.6 Å². The predicted octanol–water partition coefficient (Wildman–Crippen LogP) is 5.56. The second kappa shape index (κ2) is 10.2. The van der Waals surface area contributed by atoms with E-state index in [1.165, 1.54) is 18.4 Å². The van der Waals surface area contributed by atoms with E-state index in [1.807, 2.05) is 17.5 Å². The molecule has 4 nitrogen and oxygen atoms in total. The summed E-state index contributed by atoms with van der Waals surface area (Å²) in [5.74, 6) is 0.456. The van der Waals surface area contributed by atoms with Crippen molar-refractivity contribution in [2.75, 3.05) is 6.61 Å². The van der Waals surface area contributed by atoms with Crippen molar-refractivity contribution < 1.29 is 9.53 Å². The molecule has 0 radical (unpaired) electrons. The van der Waals surface area contributed by atoms with Crippen LogP contribution in [0.4, 0.5) is 4.79 Å². The van der Waals surface area contributed by atoms with Crippen molar-refractivity contribution >= 4 is 17.4 Å². The van der Waals surface area contributed by atoms with Crippen LogP contribution in [0.2, 0.25) is 0 Å². The Morgan fingerprint density at radius 2 is 2.12 bits per heavy atom. The first kappa shape index (κ1) is 19.4. The van der Waals surface area contributed by atoms with Crippen LogP contribution in [-0.4, -0.2) is 17.7 Å². The number of aryl methyl sites for hydroxylation is 1. The first-order chi connectivity index (χ1) is 12.1. The Morgan fingerprint density at radius 1 is 1.32 bits per heavy atom. The van der Waals surface area contributed by atoms with Crippen LogP contribution in [0.5, 0.6) is 0 Å². The van der Waals surface area contributed by atoms with Crippen LogP contribution < -0.4 is 5.32 Å². The van der Waals surface area contributed by atoms with Gasteiger partial charge in [0.05, 0.1) is 18.8 Å². The maximum absolute atomic E-state index is 11.9. The summed E-state index contributed by atoms with van der Waals surface area (Å²) in [6.45, 7) is 7.29. The summed E-state index contributed by atoms with van der Waals surface area (Å²) in [6, 6.07) is 8.19. The monoisotopic (exact) mass is 360 g/mol. The molecule has 0 spiro atoms. The molecule has 2 aromatic rings. The second-order valence-electron chi connectivity index (χ2n) is 6.33. The molecule has 1 heterocycles. The topological polar surface area (TPSA) is 51.2 Å². The van der Waals surface area contributed by atoms with Crippen molar-refractivity contribution in [3.05, 3.63) is 40.9 Å². The lowest BCUT2D eigenvalue weighted by Crippen LogP contribution is -2.26. The first-order valence-corrected chi connectivity index (χ1v) is 9.93. The molecule has 136 valence electrons. The number of aromatic nitrogens is 1. The van der Waals surface area contributed by atoms with Gasteiger partial charge in [0.15, 0.2) is 0 Å². The molecule has 1 amide bonds. The van der Waals surface area contributed by atoms with Crippen LogP contribution in [0, 0.1) is 12.8 Å². The van der Waals surface area contributed by atoms with E-state index >= 15 is 0 Å². The highest BCUT2D eigenvalue weighted by Gasteiger charge is 2.11. The number of alkyl carbamates (subject to hydrolysis) is 1.